The second-order valence-corrected chi connectivity index (χ2v) is 5.15. The molecule has 96 valence electrons. The molecule has 0 aromatic heterocycles. The van der Waals surface area contributed by atoms with E-state index in [-0.39, 0.29) is 0 Å². The van der Waals surface area contributed by atoms with E-state index in [1.54, 1.807) is 0 Å². The number of nitriles is 1. The summed E-state index contributed by atoms with van der Waals surface area (Å²) in [6.07, 6.45) is 4.57. The first-order valence-corrected chi connectivity index (χ1v) is 6.64. The van der Waals surface area contributed by atoms with Crippen LogP contribution in [0.2, 0.25) is 0 Å². The van der Waals surface area contributed by atoms with Gasteiger partial charge in [0.1, 0.15) is 0 Å². The Kier molecular flexibility index (Phi) is 3.00. The van der Waals surface area contributed by atoms with Gasteiger partial charge in [0.25, 0.3) is 0 Å². The smallest absolute Gasteiger partial charge is 0.0991 e. The van der Waals surface area contributed by atoms with Gasteiger partial charge in [-0.1, -0.05) is 23.8 Å². The van der Waals surface area contributed by atoms with E-state index in [2.05, 4.69) is 35.4 Å². The fraction of sp³-hybridized carbons (Fsp3) is 0.312. The summed E-state index contributed by atoms with van der Waals surface area (Å²) >= 11 is 0. The Morgan fingerprint density at radius 1 is 1.42 bits per heavy atom. The quantitative estimate of drug-likeness (QED) is 0.838. The average Bonchev–Trinajstić information content (AvgIpc) is 2.94. The third-order valence-corrected chi connectivity index (χ3v) is 3.68. The number of benzene rings is 1. The topological polar surface area (TPSA) is 39.1 Å². The lowest BCUT2D eigenvalue weighted by Gasteiger charge is -2.19. The summed E-state index contributed by atoms with van der Waals surface area (Å²) in [6.45, 7) is 5.11. The molecule has 1 aliphatic carbocycles. The molecule has 1 N–H and O–H groups in total. The molecule has 3 rings (SSSR count). The van der Waals surface area contributed by atoms with Crippen molar-refractivity contribution >= 4 is 0 Å². The fourth-order valence-electron chi connectivity index (χ4n) is 2.37. The molecule has 0 radical (unpaired) electrons. The average molecular weight is 251 g/mol. The van der Waals surface area contributed by atoms with Gasteiger partial charge in [-0.3, -0.25) is 0 Å². The number of rotatable bonds is 3. The second-order valence-electron chi connectivity index (χ2n) is 5.15. The standard InChI is InChI=1S/C16H17N3/c1-12-8-15(12)9-16-18-6-7-19(16)11-14-4-2-13(10-17)3-5-14/h2-5,8-9,15,18H,6-7,11H2,1H3/b16-9+. The van der Waals surface area contributed by atoms with Crippen molar-refractivity contribution in [3.05, 3.63) is 58.9 Å². The Morgan fingerprint density at radius 2 is 2.16 bits per heavy atom. The van der Waals surface area contributed by atoms with Gasteiger partial charge in [-0.2, -0.15) is 5.26 Å². The van der Waals surface area contributed by atoms with E-state index in [9.17, 15) is 0 Å². The zero-order chi connectivity index (χ0) is 13.2. The van der Waals surface area contributed by atoms with Crippen molar-refractivity contribution in [1.82, 2.24) is 10.2 Å². The molecule has 19 heavy (non-hydrogen) atoms. The van der Waals surface area contributed by atoms with Crippen LogP contribution in [0.3, 0.4) is 0 Å². The molecular weight excluding hydrogens is 234 g/mol. The van der Waals surface area contributed by atoms with E-state index < -0.39 is 0 Å². The number of nitrogens with zero attached hydrogens (tertiary/aromatic N) is 2. The molecule has 3 heteroatoms. The molecule has 0 saturated carbocycles. The Hall–Kier alpha value is -2.21. The molecule has 1 heterocycles. The summed E-state index contributed by atoms with van der Waals surface area (Å²) in [6, 6.07) is 9.99. The molecule has 1 atom stereocenters. The molecule has 0 bridgehead atoms. The van der Waals surface area contributed by atoms with Crippen LogP contribution in [-0.2, 0) is 6.54 Å². The van der Waals surface area contributed by atoms with Crippen molar-refractivity contribution in [2.75, 3.05) is 13.1 Å². The van der Waals surface area contributed by atoms with Crippen molar-refractivity contribution in [2.45, 2.75) is 13.5 Å². The number of hydrogen-bond acceptors (Lipinski definition) is 3. The van der Waals surface area contributed by atoms with Gasteiger partial charge in [-0.05, 0) is 30.7 Å². The van der Waals surface area contributed by atoms with Crippen LogP contribution in [0.25, 0.3) is 0 Å². The third kappa shape index (κ3) is 2.63. The largest absolute Gasteiger partial charge is 0.370 e. The molecule has 0 amide bonds. The minimum atomic E-state index is 0.559. The summed E-state index contributed by atoms with van der Waals surface area (Å²) in [4.78, 5) is 2.36. The van der Waals surface area contributed by atoms with Crippen molar-refractivity contribution in [2.24, 2.45) is 5.92 Å². The SMILES string of the molecule is CC1=CC1/C=C1\NCCN1Cc1ccc(C#N)cc1. The molecule has 1 unspecified atom stereocenters. The number of hydrogen-bond donors (Lipinski definition) is 1. The maximum Gasteiger partial charge on any atom is 0.0991 e. The van der Waals surface area contributed by atoms with Crippen LogP contribution >= 0.6 is 0 Å². The summed E-state index contributed by atoms with van der Waals surface area (Å²) in [5.74, 6) is 1.80. The predicted octanol–water partition coefficient (Wildman–Crippen LogP) is 2.38. The number of allylic oxidation sites excluding steroid dienone is 3. The van der Waals surface area contributed by atoms with Gasteiger partial charge in [-0.25, -0.2) is 0 Å². The fourth-order valence-corrected chi connectivity index (χ4v) is 2.37. The maximum atomic E-state index is 8.80. The molecule has 1 aliphatic heterocycles. The van der Waals surface area contributed by atoms with E-state index in [0.717, 1.165) is 25.2 Å². The van der Waals surface area contributed by atoms with Gasteiger partial charge < -0.3 is 10.2 Å². The maximum absolute atomic E-state index is 8.80. The Balaban J connectivity index is 1.68. The summed E-state index contributed by atoms with van der Waals surface area (Å²) < 4.78 is 0. The molecule has 1 aromatic carbocycles. The van der Waals surface area contributed by atoms with Crippen LogP contribution in [-0.4, -0.2) is 18.0 Å². The van der Waals surface area contributed by atoms with Crippen LogP contribution in [0.5, 0.6) is 0 Å². The first kappa shape index (κ1) is 11.9. The van der Waals surface area contributed by atoms with Crippen LogP contribution < -0.4 is 5.32 Å². The lowest BCUT2D eigenvalue weighted by Crippen LogP contribution is -2.19. The highest BCUT2D eigenvalue weighted by molar-refractivity contribution is 5.35. The summed E-state index contributed by atoms with van der Waals surface area (Å²) in [5, 5.41) is 12.2. The highest BCUT2D eigenvalue weighted by Crippen LogP contribution is 2.31. The molecular formula is C16H17N3. The van der Waals surface area contributed by atoms with Crippen molar-refractivity contribution in [3.8, 4) is 6.07 Å². The number of nitrogens with one attached hydrogen (secondary N) is 1. The van der Waals surface area contributed by atoms with Gasteiger partial charge >= 0.3 is 0 Å². The van der Waals surface area contributed by atoms with E-state index in [1.165, 1.54) is 17.0 Å². The third-order valence-electron chi connectivity index (χ3n) is 3.68. The molecule has 1 fully saturated rings. The Bertz CT molecular complexity index is 575. The lowest BCUT2D eigenvalue weighted by atomic mass is 10.1. The minimum Gasteiger partial charge on any atom is -0.370 e. The molecule has 0 spiro atoms. The summed E-state index contributed by atoms with van der Waals surface area (Å²) in [7, 11) is 0. The molecule has 2 aliphatic rings. The van der Waals surface area contributed by atoms with Gasteiger partial charge in [-0.15, -0.1) is 0 Å². The minimum absolute atomic E-state index is 0.559. The zero-order valence-electron chi connectivity index (χ0n) is 11.1. The van der Waals surface area contributed by atoms with Crippen molar-refractivity contribution < 1.29 is 0 Å². The summed E-state index contributed by atoms with van der Waals surface area (Å²) in [5.41, 5.74) is 3.42. The van der Waals surface area contributed by atoms with Crippen LogP contribution in [0.4, 0.5) is 0 Å². The normalized spacial score (nSPS) is 22.9. The van der Waals surface area contributed by atoms with E-state index >= 15 is 0 Å². The molecule has 3 nitrogen and oxygen atoms in total. The van der Waals surface area contributed by atoms with Gasteiger partial charge in [0, 0.05) is 25.6 Å². The first-order chi connectivity index (χ1) is 9.26. The van der Waals surface area contributed by atoms with Gasteiger partial charge in [0.15, 0.2) is 0 Å². The monoisotopic (exact) mass is 251 g/mol. The Labute approximate surface area is 113 Å². The molecule has 1 saturated heterocycles. The van der Waals surface area contributed by atoms with Crippen LogP contribution in [0.15, 0.2) is 47.8 Å². The first-order valence-electron chi connectivity index (χ1n) is 6.64. The zero-order valence-corrected chi connectivity index (χ0v) is 11.1. The van der Waals surface area contributed by atoms with Gasteiger partial charge in [0.05, 0.1) is 17.5 Å². The van der Waals surface area contributed by atoms with Crippen molar-refractivity contribution in [1.29, 1.82) is 5.26 Å². The highest BCUT2D eigenvalue weighted by Gasteiger charge is 2.22. The second kappa shape index (κ2) is 4.81. The lowest BCUT2D eigenvalue weighted by molar-refractivity contribution is 0.386. The Morgan fingerprint density at radius 3 is 2.79 bits per heavy atom. The highest BCUT2D eigenvalue weighted by atomic mass is 15.3. The van der Waals surface area contributed by atoms with E-state index in [4.69, 9.17) is 5.26 Å². The van der Waals surface area contributed by atoms with Crippen LogP contribution in [0.1, 0.15) is 18.1 Å². The van der Waals surface area contributed by atoms with E-state index in [0.29, 0.717) is 5.92 Å². The van der Waals surface area contributed by atoms with Crippen LogP contribution in [0, 0.1) is 17.2 Å². The molecule has 1 aromatic rings. The van der Waals surface area contributed by atoms with Crippen molar-refractivity contribution in [3.63, 3.8) is 0 Å². The van der Waals surface area contributed by atoms with Gasteiger partial charge in [0.2, 0.25) is 0 Å². The van der Waals surface area contributed by atoms with E-state index in [1.807, 2.05) is 24.3 Å². The predicted molar refractivity (Wildman–Crippen MR) is 74.9 cm³/mol.